The third kappa shape index (κ3) is 5.03. The van der Waals surface area contributed by atoms with Gasteiger partial charge in [0.1, 0.15) is 0 Å². The van der Waals surface area contributed by atoms with Gasteiger partial charge in [0, 0.05) is 31.4 Å². The SMILES string of the molecule is Cn1c(SCC(=O)Nc2ccc(S(=O)(=O)N3CCCCC3)cc2)nnc1-c1ccccc1. The van der Waals surface area contributed by atoms with Crippen molar-refractivity contribution in [3.05, 3.63) is 54.6 Å². The zero-order valence-corrected chi connectivity index (χ0v) is 19.4. The van der Waals surface area contributed by atoms with Crippen LogP contribution in [0, 0.1) is 0 Å². The van der Waals surface area contributed by atoms with Gasteiger partial charge in [-0.05, 0) is 37.1 Å². The van der Waals surface area contributed by atoms with Crippen molar-refractivity contribution in [1.29, 1.82) is 0 Å². The molecule has 0 saturated carbocycles. The Morgan fingerprint density at radius 3 is 2.38 bits per heavy atom. The normalized spacial score (nSPS) is 14.9. The van der Waals surface area contributed by atoms with E-state index in [9.17, 15) is 13.2 Å². The van der Waals surface area contributed by atoms with Crippen molar-refractivity contribution >= 4 is 33.4 Å². The van der Waals surface area contributed by atoms with Crippen LogP contribution in [0.5, 0.6) is 0 Å². The predicted octanol–water partition coefficient (Wildman–Crippen LogP) is 3.39. The fourth-order valence-corrected chi connectivity index (χ4v) is 5.80. The van der Waals surface area contributed by atoms with E-state index in [-0.39, 0.29) is 16.6 Å². The third-order valence-electron chi connectivity index (χ3n) is 5.29. The van der Waals surface area contributed by atoms with Crippen molar-refractivity contribution in [3.63, 3.8) is 0 Å². The molecule has 0 atom stereocenters. The molecule has 2 aromatic carbocycles. The van der Waals surface area contributed by atoms with E-state index in [1.165, 1.54) is 16.1 Å². The smallest absolute Gasteiger partial charge is 0.243 e. The van der Waals surface area contributed by atoms with Gasteiger partial charge in [0.15, 0.2) is 11.0 Å². The lowest BCUT2D eigenvalue weighted by Gasteiger charge is -2.25. The summed E-state index contributed by atoms with van der Waals surface area (Å²) in [4.78, 5) is 12.6. The second-order valence-electron chi connectivity index (χ2n) is 7.56. The van der Waals surface area contributed by atoms with Crippen molar-refractivity contribution in [1.82, 2.24) is 19.1 Å². The number of nitrogens with one attached hydrogen (secondary N) is 1. The Labute approximate surface area is 192 Å². The molecule has 0 spiro atoms. The van der Waals surface area contributed by atoms with Crippen LogP contribution >= 0.6 is 11.8 Å². The first kappa shape index (κ1) is 22.5. The predicted molar refractivity (Wildman–Crippen MR) is 125 cm³/mol. The number of sulfonamides is 1. The number of hydrogen-bond acceptors (Lipinski definition) is 6. The van der Waals surface area contributed by atoms with Crippen LogP contribution in [-0.4, -0.2) is 52.2 Å². The summed E-state index contributed by atoms with van der Waals surface area (Å²) in [7, 11) is -1.62. The number of aromatic nitrogens is 3. The first-order chi connectivity index (χ1) is 15.4. The molecule has 32 heavy (non-hydrogen) atoms. The lowest BCUT2D eigenvalue weighted by Crippen LogP contribution is -2.35. The van der Waals surface area contributed by atoms with Gasteiger partial charge < -0.3 is 9.88 Å². The summed E-state index contributed by atoms with van der Waals surface area (Å²) in [6, 6.07) is 16.1. The van der Waals surface area contributed by atoms with Gasteiger partial charge >= 0.3 is 0 Å². The second-order valence-corrected chi connectivity index (χ2v) is 10.4. The van der Waals surface area contributed by atoms with E-state index in [4.69, 9.17) is 0 Å². The van der Waals surface area contributed by atoms with Gasteiger partial charge in [0.05, 0.1) is 10.6 Å². The number of carbonyl (C=O) groups is 1. The quantitative estimate of drug-likeness (QED) is 0.531. The third-order valence-corrected chi connectivity index (χ3v) is 8.22. The molecule has 1 aliphatic heterocycles. The van der Waals surface area contributed by atoms with Crippen LogP contribution in [0.25, 0.3) is 11.4 Å². The molecule has 0 aliphatic carbocycles. The molecule has 0 bridgehead atoms. The number of nitrogens with zero attached hydrogens (tertiary/aromatic N) is 4. The molecule has 1 amide bonds. The van der Waals surface area contributed by atoms with E-state index < -0.39 is 10.0 Å². The Hall–Kier alpha value is -2.69. The average molecular weight is 472 g/mol. The molecule has 8 nitrogen and oxygen atoms in total. The van der Waals surface area contributed by atoms with E-state index in [2.05, 4.69) is 15.5 Å². The molecular formula is C22H25N5O3S2. The van der Waals surface area contributed by atoms with Gasteiger partial charge in [-0.1, -0.05) is 48.5 Å². The highest BCUT2D eigenvalue weighted by Crippen LogP contribution is 2.24. The number of amides is 1. The summed E-state index contributed by atoms with van der Waals surface area (Å²) in [5.74, 6) is 0.694. The topological polar surface area (TPSA) is 97.2 Å². The molecule has 1 saturated heterocycles. The van der Waals surface area contributed by atoms with E-state index >= 15 is 0 Å². The van der Waals surface area contributed by atoms with Crippen LogP contribution in [0.4, 0.5) is 5.69 Å². The minimum Gasteiger partial charge on any atom is -0.325 e. The van der Waals surface area contributed by atoms with E-state index in [1.54, 1.807) is 24.3 Å². The molecule has 10 heteroatoms. The number of piperidine rings is 1. The van der Waals surface area contributed by atoms with Crippen molar-refractivity contribution in [2.75, 3.05) is 24.2 Å². The highest BCUT2D eigenvalue weighted by atomic mass is 32.2. The first-order valence-electron chi connectivity index (χ1n) is 10.4. The van der Waals surface area contributed by atoms with Crippen LogP contribution in [0.1, 0.15) is 19.3 Å². The van der Waals surface area contributed by atoms with Crippen molar-refractivity contribution < 1.29 is 13.2 Å². The summed E-state index contributed by atoms with van der Waals surface area (Å²) >= 11 is 1.29. The summed E-state index contributed by atoms with van der Waals surface area (Å²) in [6.45, 7) is 1.12. The first-order valence-corrected chi connectivity index (χ1v) is 12.9. The standard InChI is InChI=1S/C22H25N5O3S2/c1-26-21(17-8-4-2-5-9-17)24-25-22(26)31-16-20(28)23-18-10-12-19(13-11-18)32(29,30)27-14-6-3-7-15-27/h2,4-5,8-13H,3,6-7,14-16H2,1H3,(H,23,28). The summed E-state index contributed by atoms with van der Waals surface area (Å²) in [5.41, 5.74) is 1.51. The molecule has 168 valence electrons. The van der Waals surface area contributed by atoms with Gasteiger partial charge in [0.25, 0.3) is 0 Å². The zero-order valence-electron chi connectivity index (χ0n) is 17.8. The maximum atomic E-state index is 12.7. The molecule has 1 aromatic heterocycles. The summed E-state index contributed by atoms with van der Waals surface area (Å²) < 4.78 is 28.9. The molecule has 3 aromatic rings. The van der Waals surface area contributed by atoms with Crippen molar-refractivity contribution in [3.8, 4) is 11.4 Å². The maximum Gasteiger partial charge on any atom is 0.243 e. The molecule has 1 N–H and O–H groups in total. The molecule has 2 heterocycles. The van der Waals surface area contributed by atoms with Gasteiger partial charge in [0.2, 0.25) is 15.9 Å². The summed E-state index contributed by atoms with van der Waals surface area (Å²) in [6.07, 6.45) is 2.85. The monoisotopic (exact) mass is 471 g/mol. The molecular weight excluding hydrogens is 446 g/mol. The van der Waals surface area contributed by atoms with Crippen LogP contribution < -0.4 is 5.32 Å². The Bertz CT molecular complexity index is 1170. The van der Waals surface area contributed by atoms with E-state index in [0.29, 0.717) is 23.9 Å². The Morgan fingerprint density at radius 1 is 1.00 bits per heavy atom. The Morgan fingerprint density at radius 2 is 1.69 bits per heavy atom. The fourth-order valence-electron chi connectivity index (χ4n) is 3.57. The number of thioether (sulfide) groups is 1. The lowest BCUT2D eigenvalue weighted by atomic mass is 10.2. The van der Waals surface area contributed by atoms with E-state index in [0.717, 1.165) is 30.7 Å². The molecule has 0 radical (unpaired) electrons. The van der Waals surface area contributed by atoms with E-state index in [1.807, 2.05) is 41.9 Å². The number of hydrogen-bond donors (Lipinski definition) is 1. The zero-order chi connectivity index (χ0) is 22.6. The summed E-state index contributed by atoms with van der Waals surface area (Å²) in [5, 5.41) is 11.8. The van der Waals surface area contributed by atoms with Crippen LogP contribution in [0.3, 0.4) is 0 Å². The Balaban J connectivity index is 1.34. The Kier molecular flexibility index (Phi) is 6.92. The highest BCUT2D eigenvalue weighted by molar-refractivity contribution is 7.99. The van der Waals surface area contributed by atoms with Crippen molar-refractivity contribution in [2.24, 2.45) is 7.05 Å². The number of carbonyl (C=O) groups excluding carboxylic acids is 1. The maximum absolute atomic E-state index is 12.7. The number of benzene rings is 2. The fraction of sp³-hybridized carbons (Fsp3) is 0.318. The van der Waals surface area contributed by atoms with Crippen molar-refractivity contribution in [2.45, 2.75) is 29.3 Å². The second kappa shape index (κ2) is 9.85. The number of rotatable bonds is 7. The molecule has 1 aliphatic rings. The minimum absolute atomic E-state index is 0.161. The highest BCUT2D eigenvalue weighted by Gasteiger charge is 2.25. The largest absolute Gasteiger partial charge is 0.325 e. The minimum atomic E-state index is -3.48. The van der Waals surface area contributed by atoms with Crippen LogP contribution in [-0.2, 0) is 21.9 Å². The number of anilines is 1. The van der Waals surface area contributed by atoms with Gasteiger partial charge in [-0.25, -0.2) is 8.42 Å². The van der Waals surface area contributed by atoms with Gasteiger partial charge in [-0.15, -0.1) is 10.2 Å². The van der Waals surface area contributed by atoms with Crippen LogP contribution in [0.2, 0.25) is 0 Å². The molecule has 4 rings (SSSR count). The van der Waals surface area contributed by atoms with Crippen LogP contribution in [0.15, 0.2) is 64.6 Å². The van der Waals surface area contributed by atoms with Gasteiger partial charge in [-0.3, -0.25) is 4.79 Å². The lowest BCUT2D eigenvalue weighted by molar-refractivity contribution is -0.113. The molecule has 1 fully saturated rings. The molecule has 0 unspecified atom stereocenters. The van der Waals surface area contributed by atoms with Gasteiger partial charge in [-0.2, -0.15) is 4.31 Å². The average Bonchev–Trinajstić information content (AvgIpc) is 3.19.